The van der Waals surface area contributed by atoms with Crippen molar-refractivity contribution >= 4 is 34.9 Å². The Morgan fingerprint density at radius 1 is 1.50 bits per heavy atom. The van der Waals surface area contributed by atoms with Crippen LogP contribution >= 0.6 is 12.4 Å². The molecule has 1 heterocycles. The number of benzene rings is 1. The molecule has 2 rings (SSSR count). The van der Waals surface area contributed by atoms with E-state index in [1.165, 1.54) is 0 Å². The molecular weight excluding hydrogens is 252 g/mol. The molecule has 0 aliphatic rings. The predicted molar refractivity (Wildman–Crippen MR) is 74.8 cm³/mol. The summed E-state index contributed by atoms with van der Waals surface area (Å²) in [6.45, 7) is 3.95. The van der Waals surface area contributed by atoms with Crippen LogP contribution in [0.4, 0.5) is 5.69 Å². The quantitative estimate of drug-likeness (QED) is 0.795. The van der Waals surface area contributed by atoms with Gasteiger partial charge in [-0.1, -0.05) is 0 Å². The van der Waals surface area contributed by atoms with E-state index in [0.29, 0.717) is 6.54 Å². The van der Waals surface area contributed by atoms with Gasteiger partial charge in [0.2, 0.25) is 5.91 Å². The molecule has 0 saturated heterocycles. The van der Waals surface area contributed by atoms with Crippen molar-refractivity contribution in [2.24, 2.45) is 11.1 Å². The molecule has 1 amide bonds. The predicted octanol–water partition coefficient (Wildman–Crippen LogP) is 1.91. The molecule has 2 aromatic rings. The van der Waals surface area contributed by atoms with Crippen LogP contribution in [0.2, 0.25) is 0 Å². The molecule has 6 heteroatoms. The van der Waals surface area contributed by atoms with Gasteiger partial charge in [-0.05, 0) is 32.0 Å². The number of aromatic amines is 1. The van der Waals surface area contributed by atoms with Gasteiger partial charge in [0.1, 0.15) is 0 Å². The van der Waals surface area contributed by atoms with E-state index in [4.69, 9.17) is 5.73 Å². The average molecular weight is 269 g/mol. The summed E-state index contributed by atoms with van der Waals surface area (Å²) in [6, 6.07) is 5.60. The van der Waals surface area contributed by atoms with Crippen LogP contribution in [0, 0.1) is 5.41 Å². The smallest absolute Gasteiger partial charge is 0.231 e. The first kappa shape index (κ1) is 14.5. The minimum absolute atomic E-state index is 0. The Kier molecular flexibility index (Phi) is 4.32. The van der Waals surface area contributed by atoms with E-state index in [1.54, 1.807) is 6.20 Å². The zero-order valence-corrected chi connectivity index (χ0v) is 11.2. The van der Waals surface area contributed by atoms with Crippen molar-refractivity contribution in [2.75, 3.05) is 11.9 Å². The van der Waals surface area contributed by atoms with Gasteiger partial charge in [0, 0.05) is 17.6 Å². The minimum atomic E-state index is -0.564. The summed E-state index contributed by atoms with van der Waals surface area (Å²) in [5.74, 6) is -0.0807. The molecular formula is C12H17ClN4O. The van der Waals surface area contributed by atoms with Crippen LogP contribution in [0.1, 0.15) is 13.8 Å². The molecule has 0 fully saturated rings. The van der Waals surface area contributed by atoms with Gasteiger partial charge in [-0.15, -0.1) is 12.4 Å². The van der Waals surface area contributed by atoms with Crippen LogP contribution in [0.3, 0.4) is 0 Å². The number of anilines is 1. The Bertz CT molecular complexity index is 550. The van der Waals surface area contributed by atoms with Gasteiger partial charge in [-0.2, -0.15) is 5.10 Å². The van der Waals surface area contributed by atoms with Gasteiger partial charge in [-0.25, -0.2) is 0 Å². The number of nitrogens with zero attached hydrogens (tertiary/aromatic N) is 1. The van der Waals surface area contributed by atoms with Crippen LogP contribution in [0.15, 0.2) is 24.4 Å². The Morgan fingerprint density at radius 2 is 2.22 bits per heavy atom. The monoisotopic (exact) mass is 268 g/mol. The van der Waals surface area contributed by atoms with E-state index in [9.17, 15) is 4.79 Å². The Morgan fingerprint density at radius 3 is 2.89 bits per heavy atom. The lowest BCUT2D eigenvalue weighted by Crippen LogP contribution is -2.37. The zero-order valence-electron chi connectivity index (χ0n) is 10.4. The van der Waals surface area contributed by atoms with Crippen molar-refractivity contribution in [1.29, 1.82) is 0 Å². The third kappa shape index (κ3) is 2.80. The van der Waals surface area contributed by atoms with E-state index in [-0.39, 0.29) is 18.3 Å². The van der Waals surface area contributed by atoms with Crippen molar-refractivity contribution in [3.8, 4) is 0 Å². The first-order valence-electron chi connectivity index (χ1n) is 5.47. The highest BCUT2D eigenvalue weighted by Crippen LogP contribution is 2.20. The summed E-state index contributed by atoms with van der Waals surface area (Å²) in [5.41, 5.74) is 6.70. The lowest BCUT2D eigenvalue weighted by atomic mass is 9.92. The van der Waals surface area contributed by atoms with Gasteiger partial charge in [-0.3, -0.25) is 9.89 Å². The summed E-state index contributed by atoms with van der Waals surface area (Å²) in [4.78, 5) is 11.9. The maximum atomic E-state index is 11.9. The standard InChI is InChI=1S/C12H16N4O.ClH/c1-12(2,7-13)11(17)15-9-3-4-10-8(5-9)6-14-16-10;/h3-6H,7,13H2,1-2H3,(H,14,16)(H,15,17);1H. The maximum absolute atomic E-state index is 11.9. The second kappa shape index (κ2) is 5.37. The Balaban J connectivity index is 0.00000162. The summed E-state index contributed by atoms with van der Waals surface area (Å²) in [7, 11) is 0. The van der Waals surface area contributed by atoms with Crippen LogP contribution in [-0.4, -0.2) is 22.6 Å². The lowest BCUT2D eigenvalue weighted by molar-refractivity contribution is -0.123. The maximum Gasteiger partial charge on any atom is 0.231 e. The van der Waals surface area contributed by atoms with Crippen LogP contribution < -0.4 is 11.1 Å². The van der Waals surface area contributed by atoms with Gasteiger partial charge < -0.3 is 11.1 Å². The Labute approximate surface area is 112 Å². The molecule has 5 nitrogen and oxygen atoms in total. The third-order valence-corrected chi connectivity index (χ3v) is 2.82. The number of fused-ring (bicyclic) bond motifs is 1. The molecule has 1 aromatic heterocycles. The van der Waals surface area contributed by atoms with Crippen molar-refractivity contribution in [1.82, 2.24) is 10.2 Å². The van der Waals surface area contributed by atoms with Gasteiger partial charge in [0.05, 0.1) is 17.1 Å². The van der Waals surface area contributed by atoms with E-state index in [1.807, 2.05) is 32.0 Å². The summed E-state index contributed by atoms with van der Waals surface area (Å²) >= 11 is 0. The highest BCUT2D eigenvalue weighted by Gasteiger charge is 2.25. The normalized spacial score (nSPS) is 11.1. The zero-order chi connectivity index (χ0) is 12.5. The highest BCUT2D eigenvalue weighted by molar-refractivity contribution is 5.96. The van der Waals surface area contributed by atoms with Crippen LogP contribution in [-0.2, 0) is 4.79 Å². The van der Waals surface area contributed by atoms with Crippen molar-refractivity contribution < 1.29 is 4.79 Å². The fourth-order valence-electron chi connectivity index (χ4n) is 1.41. The third-order valence-electron chi connectivity index (χ3n) is 2.82. The molecule has 0 radical (unpaired) electrons. The summed E-state index contributed by atoms with van der Waals surface area (Å²) < 4.78 is 0. The number of nitrogens with one attached hydrogen (secondary N) is 2. The van der Waals surface area contributed by atoms with E-state index >= 15 is 0 Å². The molecule has 18 heavy (non-hydrogen) atoms. The fourth-order valence-corrected chi connectivity index (χ4v) is 1.41. The molecule has 0 unspecified atom stereocenters. The largest absolute Gasteiger partial charge is 0.329 e. The van der Waals surface area contributed by atoms with E-state index < -0.39 is 5.41 Å². The average Bonchev–Trinajstić information content (AvgIpc) is 2.76. The number of carbonyl (C=O) groups excluding carboxylic acids is 1. The molecule has 0 atom stereocenters. The number of rotatable bonds is 3. The summed E-state index contributed by atoms with van der Waals surface area (Å²) in [5, 5.41) is 10.6. The SMILES string of the molecule is CC(C)(CN)C(=O)Nc1ccc2[nH]ncc2c1.Cl. The number of hydrogen-bond acceptors (Lipinski definition) is 3. The van der Waals surface area contributed by atoms with Crippen molar-refractivity contribution in [2.45, 2.75) is 13.8 Å². The lowest BCUT2D eigenvalue weighted by Gasteiger charge is -2.21. The second-order valence-corrected chi connectivity index (χ2v) is 4.71. The molecule has 0 saturated carbocycles. The molecule has 1 aromatic carbocycles. The first-order valence-corrected chi connectivity index (χ1v) is 5.47. The number of carbonyl (C=O) groups is 1. The molecule has 98 valence electrons. The van der Waals surface area contributed by atoms with Crippen molar-refractivity contribution in [3.63, 3.8) is 0 Å². The van der Waals surface area contributed by atoms with E-state index in [2.05, 4.69) is 15.5 Å². The fraction of sp³-hybridized carbons (Fsp3) is 0.333. The Hall–Kier alpha value is -1.59. The number of halogens is 1. The minimum Gasteiger partial charge on any atom is -0.329 e. The number of H-pyrrole nitrogens is 1. The molecule has 4 N–H and O–H groups in total. The highest BCUT2D eigenvalue weighted by atomic mass is 35.5. The number of aromatic nitrogens is 2. The van der Waals surface area contributed by atoms with Gasteiger partial charge in [0.15, 0.2) is 0 Å². The van der Waals surface area contributed by atoms with Gasteiger partial charge >= 0.3 is 0 Å². The molecule has 0 spiro atoms. The number of nitrogens with two attached hydrogens (primary N) is 1. The van der Waals surface area contributed by atoms with Crippen LogP contribution in [0.5, 0.6) is 0 Å². The van der Waals surface area contributed by atoms with Gasteiger partial charge in [0.25, 0.3) is 0 Å². The molecule has 0 aliphatic carbocycles. The van der Waals surface area contributed by atoms with Crippen LogP contribution in [0.25, 0.3) is 10.9 Å². The molecule has 0 bridgehead atoms. The molecule has 0 aliphatic heterocycles. The summed E-state index contributed by atoms with van der Waals surface area (Å²) in [6.07, 6.45) is 1.72. The second-order valence-electron chi connectivity index (χ2n) is 4.71. The first-order chi connectivity index (χ1) is 8.03. The topological polar surface area (TPSA) is 83.8 Å². The number of hydrogen-bond donors (Lipinski definition) is 3. The van der Waals surface area contributed by atoms with Crippen molar-refractivity contribution in [3.05, 3.63) is 24.4 Å². The van der Waals surface area contributed by atoms with E-state index in [0.717, 1.165) is 16.6 Å². The number of amides is 1.